The number of hydrogen-bond donors (Lipinski definition) is 0. The maximum atomic E-state index is 5.66. The summed E-state index contributed by atoms with van der Waals surface area (Å²) in [4.78, 5) is 0. The van der Waals surface area contributed by atoms with E-state index in [1.54, 1.807) is 0 Å². The summed E-state index contributed by atoms with van der Waals surface area (Å²) in [5, 5.41) is 0. The lowest BCUT2D eigenvalue weighted by Gasteiger charge is -2.29. The number of rotatable bonds is 11. The van der Waals surface area contributed by atoms with Gasteiger partial charge in [-0.25, -0.2) is 0 Å². The Balaban J connectivity index is 1.38. The van der Waals surface area contributed by atoms with Crippen LogP contribution in [-0.2, 0) is 24.2 Å². The number of aryl methyl sites for hydroxylation is 1. The van der Waals surface area contributed by atoms with Crippen LogP contribution in [0.5, 0.6) is 0 Å². The molecule has 3 rings (SSSR count). The average molecular weight is 417 g/mol. The van der Waals surface area contributed by atoms with Crippen LogP contribution in [0.3, 0.4) is 0 Å². The molecule has 1 heteroatoms. The largest absolute Gasteiger partial charge is 0.373 e. The molecule has 0 saturated heterocycles. The highest BCUT2D eigenvalue weighted by Gasteiger charge is 2.22. The zero-order chi connectivity index (χ0) is 21.7. The fourth-order valence-electron chi connectivity index (χ4n) is 4.61. The number of ether oxygens (including phenoxy) is 1. The van der Waals surface area contributed by atoms with Gasteiger partial charge < -0.3 is 4.74 Å². The molecule has 1 nitrogen and oxygen atoms in total. The van der Waals surface area contributed by atoms with Crippen LogP contribution in [0.1, 0.15) is 80.5 Å². The summed E-state index contributed by atoms with van der Waals surface area (Å²) in [6.45, 7) is 5.61. The van der Waals surface area contributed by atoms with E-state index in [0.717, 1.165) is 24.7 Å². The van der Waals surface area contributed by atoms with Crippen LogP contribution in [0.4, 0.5) is 0 Å². The topological polar surface area (TPSA) is 9.23 Å². The van der Waals surface area contributed by atoms with E-state index in [1.807, 2.05) is 19.1 Å². The van der Waals surface area contributed by atoms with Crippen molar-refractivity contribution in [3.63, 3.8) is 0 Å². The van der Waals surface area contributed by atoms with Crippen molar-refractivity contribution in [3.8, 4) is 0 Å². The molecule has 0 aromatic heterocycles. The molecule has 1 saturated carbocycles. The van der Waals surface area contributed by atoms with E-state index in [-0.39, 0.29) is 0 Å². The third-order valence-electron chi connectivity index (χ3n) is 6.64. The summed E-state index contributed by atoms with van der Waals surface area (Å²) < 4.78 is 5.66. The molecule has 2 aromatic carbocycles. The van der Waals surface area contributed by atoms with Crippen LogP contribution >= 0.6 is 0 Å². The van der Waals surface area contributed by atoms with Gasteiger partial charge in [-0.1, -0.05) is 79.8 Å². The normalized spacial score (nSPS) is 19.4. The summed E-state index contributed by atoms with van der Waals surface area (Å²) in [5.41, 5.74) is 5.71. The molecule has 0 heterocycles. The predicted molar refractivity (Wildman–Crippen MR) is 134 cm³/mol. The van der Waals surface area contributed by atoms with E-state index in [4.69, 9.17) is 4.74 Å². The van der Waals surface area contributed by atoms with Gasteiger partial charge in [-0.2, -0.15) is 0 Å². The molecule has 0 amide bonds. The summed E-state index contributed by atoms with van der Waals surface area (Å²) in [6.07, 6.45) is 18.8. The SMILES string of the molecule is C/C=C/COCc1ccc(C2CCC(CCc3ccc(C/C=C/CC)cc3)CC2)cc1. The second-order valence-electron chi connectivity index (χ2n) is 8.98. The van der Waals surface area contributed by atoms with Crippen LogP contribution in [0.15, 0.2) is 72.8 Å². The average Bonchev–Trinajstić information content (AvgIpc) is 2.82. The minimum atomic E-state index is 0.697. The van der Waals surface area contributed by atoms with E-state index in [0.29, 0.717) is 13.2 Å². The molecule has 2 aromatic rings. The van der Waals surface area contributed by atoms with Crippen LogP contribution < -0.4 is 0 Å². The first-order valence-electron chi connectivity index (χ1n) is 12.3. The molecule has 0 unspecified atom stereocenters. The predicted octanol–water partition coefficient (Wildman–Crippen LogP) is 8.19. The van der Waals surface area contributed by atoms with Crippen LogP contribution in [0.2, 0.25) is 0 Å². The van der Waals surface area contributed by atoms with Gasteiger partial charge in [-0.15, -0.1) is 0 Å². The Morgan fingerprint density at radius 2 is 1.48 bits per heavy atom. The van der Waals surface area contributed by atoms with Gasteiger partial charge in [0.15, 0.2) is 0 Å². The first-order chi connectivity index (χ1) is 15.3. The number of hydrogen-bond acceptors (Lipinski definition) is 1. The standard InChI is InChI=1S/C30H40O/c1-3-5-7-8-25-9-11-26(12-10-25)13-14-27-15-19-29(20-16-27)30-21-17-28(18-22-30)24-31-23-6-4-2/h4-7,9-12,17-18,21-22,27,29H,3,8,13-16,19-20,23-24H2,1-2H3/b6-4+,7-5+. The Labute approximate surface area is 190 Å². The summed E-state index contributed by atoms with van der Waals surface area (Å²) in [6, 6.07) is 18.4. The zero-order valence-electron chi connectivity index (χ0n) is 19.6. The van der Waals surface area contributed by atoms with Gasteiger partial charge in [-0.3, -0.25) is 0 Å². The summed E-state index contributed by atoms with van der Waals surface area (Å²) in [5.74, 6) is 1.63. The maximum absolute atomic E-state index is 5.66. The van der Waals surface area contributed by atoms with Gasteiger partial charge in [0.25, 0.3) is 0 Å². The molecule has 0 radical (unpaired) electrons. The number of allylic oxidation sites excluding steroid dienone is 3. The second-order valence-corrected chi connectivity index (χ2v) is 8.98. The Hall–Kier alpha value is -2.12. The smallest absolute Gasteiger partial charge is 0.0721 e. The van der Waals surface area contributed by atoms with Crippen molar-refractivity contribution in [2.24, 2.45) is 5.92 Å². The Bertz CT molecular complexity index is 789. The van der Waals surface area contributed by atoms with Gasteiger partial charge in [0.2, 0.25) is 0 Å². The lowest BCUT2D eigenvalue weighted by Crippen LogP contribution is -2.14. The molecule has 1 fully saturated rings. The van der Waals surface area contributed by atoms with Crippen molar-refractivity contribution in [1.29, 1.82) is 0 Å². The monoisotopic (exact) mass is 416 g/mol. The van der Waals surface area contributed by atoms with E-state index in [9.17, 15) is 0 Å². The molecule has 1 aliphatic carbocycles. The van der Waals surface area contributed by atoms with Crippen LogP contribution in [-0.4, -0.2) is 6.61 Å². The van der Waals surface area contributed by atoms with Gasteiger partial charge in [0, 0.05) is 0 Å². The lowest BCUT2D eigenvalue weighted by atomic mass is 9.77. The van der Waals surface area contributed by atoms with Crippen molar-refractivity contribution in [2.45, 2.75) is 77.7 Å². The maximum Gasteiger partial charge on any atom is 0.0721 e. The van der Waals surface area contributed by atoms with E-state index in [2.05, 4.69) is 67.6 Å². The minimum absolute atomic E-state index is 0.697. The fourth-order valence-corrected chi connectivity index (χ4v) is 4.61. The van der Waals surface area contributed by atoms with Gasteiger partial charge in [0.1, 0.15) is 0 Å². The highest BCUT2D eigenvalue weighted by molar-refractivity contribution is 5.26. The minimum Gasteiger partial charge on any atom is -0.373 e. The van der Waals surface area contributed by atoms with Gasteiger partial charge in [-0.05, 0) is 92.4 Å². The quantitative estimate of drug-likeness (QED) is 0.265. The lowest BCUT2D eigenvalue weighted by molar-refractivity contribution is 0.148. The molecule has 0 spiro atoms. The Morgan fingerprint density at radius 3 is 2.16 bits per heavy atom. The van der Waals surface area contributed by atoms with Crippen LogP contribution in [0.25, 0.3) is 0 Å². The van der Waals surface area contributed by atoms with E-state index in [1.165, 1.54) is 60.8 Å². The van der Waals surface area contributed by atoms with Crippen molar-refractivity contribution in [1.82, 2.24) is 0 Å². The molecular weight excluding hydrogens is 376 g/mol. The van der Waals surface area contributed by atoms with Crippen molar-refractivity contribution in [3.05, 3.63) is 95.1 Å². The highest BCUT2D eigenvalue weighted by atomic mass is 16.5. The third kappa shape index (κ3) is 8.15. The molecule has 1 aliphatic rings. The van der Waals surface area contributed by atoms with Crippen LogP contribution in [0, 0.1) is 5.92 Å². The Kier molecular flexibility index (Phi) is 10.1. The summed E-state index contributed by atoms with van der Waals surface area (Å²) >= 11 is 0. The molecule has 31 heavy (non-hydrogen) atoms. The highest BCUT2D eigenvalue weighted by Crippen LogP contribution is 2.37. The summed E-state index contributed by atoms with van der Waals surface area (Å²) in [7, 11) is 0. The van der Waals surface area contributed by atoms with Gasteiger partial charge in [0.05, 0.1) is 13.2 Å². The van der Waals surface area contributed by atoms with Gasteiger partial charge >= 0.3 is 0 Å². The fraction of sp³-hybridized carbons (Fsp3) is 0.467. The van der Waals surface area contributed by atoms with E-state index < -0.39 is 0 Å². The molecule has 0 aliphatic heterocycles. The first-order valence-corrected chi connectivity index (χ1v) is 12.3. The van der Waals surface area contributed by atoms with E-state index >= 15 is 0 Å². The molecule has 0 bridgehead atoms. The first kappa shape index (κ1) is 23.5. The molecule has 0 N–H and O–H groups in total. The molecular formula is C30H40O. The Morgan fingerprint density at radius 1 is 0.806 bits per heavy atom. The molecule has 166 valence electrons. The molecule has 0 atom stereocenters. The van der Waals surface area contributed by atoms with Crippen molar-refractivity contribution in [2.75, 3.05) is 6.61 Å². The van der Waals surface area contributed by atoms with Crippen molar-refractivity contribution < 1.29 is 4.74 Å². The van der Waals surface area contributed by atoms with Crippen molar-refractivity contribution >= 4 is 0 Å². The third-order valence-corrected chi connectivity index (χ3v) is 6.64. The zero-order valence-corrected chi connectivity index (χ0v) is 19.6. The number of benzene rings is 2. The second kappa shape index (κ2) is 13.3.